The van der Waals surface area contributed by atoms with Crippen LogP contribution in [-0.2, 0) is 21.2 Å². The first kappa shape index (κ1) is 21.4. The van der Waals surface area contributed by atoms with E-state index in [9.17, 15) is 18.0 Å². The Morgan fingerprint density at radius 2 is 1.56 bits per heavy atom. The van der Waals surface area contributed by atoms with Crippen molar-refractivity contribution in [3.8, 4) is 0 Å². The van der Waals surface area contributed by atoms with Crippen LogP contribution >= 0.6 is 0 Å². The molecule has 8 nitrogen and oxygen atoms in total. The van der Waals surface area contributed by atoms with Crippen molar-refractivity contribution in [1.82, 2.24) is 0 Å². The maximum absolute atomic E-state index is 13.1. The molecule has 1 aliphatic rings. The summed E-state index contributed by atoms with van der Waals surface area (Å²) >= 11 is 0. The zero-order valence-electron chi connectivity index (χ0n) is 17.2. The summed E-state index contributed by atoms with van der Waals surface area (Å²) in [7, 11) is -2.40. The third kappa shape index (κ3) is 4.28. The summed E-state index contributed by atoms with van der Waals surface area (Å²) in [5, 5.41) is 5.39. The fourth-order valence-electron chi connectivity index (χ4n) is 3.50. The van der Waals surface area contributed by atoms with Gasteiger partial charge in [-0.1, -0.05) is 24.3 Å². The Balaban J connectivity index is 1.49. The third-order valence-electron chi connectivity index (χ3n) is 5.09. The summed E-state index contributed by atoms with van der Waals surface area (Å²) in [6, 6.07) is 19.2. The minimum absolute atomic E-state index is 0.222. The molecule has 0 bridgehead atoms. The maximum atomic E-state index is 13.1. The normalized spacial score (nSPS) is 12.7. The molecule has 3 aromatic rings. The van der Waals surface area contributed by atoms with Crippen LogP contribution in [0.25, 0.3) is 0 Å². The van der Waals surface area contributed by atoms with Crippen LogP contribution in [0.3, 0.4) is 0 Å². The number of nitrogens with zero attached hydrogens (tertiary/aromatic N) is 1. The number of hydrogen-bond acceptors (Lipinski definition) is 5. The summed E-state index contributed by atoms with van der Waals surface area (Å²) < 4.78 is 32.1. The van der Waals surface area contributed by atoms with Crippen molar-refractivity contribution >= 4 is 39.1 Å². The van der Waals surface area contributed by atoms with Gasteiger partial charge in [-0.15, -0.1) is 0 Å². The molecule has 0 saturated heterocycles. The first-order valence-electron chi connectivity index (χ1n) is 9.85. The number of nitrogens with one attached hydrogen (secondary N) is 2. The first-order valence-corrected chi connectivity index (χ1v) is 11.3. The van der Waals surface area contributed by atoms with Crippen LogP contribution in [0.1, 0.15) is 15.9 Å². The number of hydrogen-bond donors (Lipinski definition) is 2. The van der Waals surface area contributed by atoms with Crippen molar-refractivity contribution in [3.63, 3.8) is 0 Å². The van der Waals surface area contributed by atoms with Crippen LogP contribution in [0.15, 0.2) is 77.7 Å². The number of rotatable bonds is 5. The molecule has 0 atom stereocenters. The number of carbonyl (C=O) groups excluding carboxylic acids is 2. The van der Waals surface area contributed by atoms with E-state index in [4.69, 9.17) is 0 Å². The molecule has 2 amide bonds. The van der Waals surface area contributed by atoms with Gasteiger partial charge < -0.3 is 15.4 Å². The van der Waals surface area contributed by atoms with Gasteiger partial charge in [-0.2, -0.15) is 0 Å². The maximum Gasteiger partial charge on any atom is 0.337 e. The average molecular weight is 452 g/mol. The van der Waals surface area contributed by atoms with Gasteiger partial charge in [0.25, 0.3) is 10.0 Å². The molecular formula is C23H21N3O5S. The van der Waals surface area contributed by atoms with E-state index in [1.807, 2.05) is 6.07 Å². The average Bonchev–Trinajstić information content (AvgIpc) is 3.23. The predicted octanol–water partition coefficient (Wildman–Crippen LogP) is 3.87. The molecule has 0 radical (unpaired) electrons. The number of ether oxygens (including phenoxy) is 1. The number of anilines is 3. The second-order valence-electron chi connectivity index (χ2n) is 7.13. The van der Waals surface area contributed by atoms with E-state index < -0.39 is 22.0 Å². The van der Waals surface area contributed by atoms with Crippen LogP contribution in [0.2, 0.25) is 0 Å². The van der Waals surface area contributed by atoms with Gasteiger partial charge in [0.15, 0.2) is 0 Å². The summed E-state index contributed by atoms with van der Waals surface area (Å²) in [4.78, 5) is 24.1. The van der Waals surface area contributed by atoms with Gasteiger partial charge in [0.2, 0.25) is 0 Å². The Morgan fingerprint density at radius 3 is 2.25 bits per heavy atom. The predicted molar refractivity (Wildman–Crippen MR) is 122 cm³/mol. The standard InChI is InChI=1S/C23H21N3O5S/c1-31-22(27)17-8-10-18(11-9-17)24-23(28)25-19-12-7-16-13-14-26(21(16)15-19)32(29,30)20-5-3-2-4-6-20/h2-12,15H,13-14H2,1H3,(H2,24,25,28). The molecule has 1 heterocycles. The Bertz CT molecular complexity index is 1260. The minimum atomic E-state index is -3.69. The van der Waals surface area contributed by atoms with E-state index in [-0.39, 0.29) is 4.90 Å². The molecule has 164 valence electrons. The number of methoxy groups -OCH3 is 1. The van der Waals surface area contributed by atoms with Gasteiger partial charge in [0.1, 0.15) is 0 Å². The van der Waals surface area contributed by atoms with Crippen molar-refractivity contribution in [2.24, 2.45) is 0 Å². The van der Waals surface area contributed by atoms with Crippen LogP contribution in [0.4, 0.5) is 21.9 Å². The van der Waals surface area contributed by atoms with Gasteiger partial charge in [-0.3, -0.25) is 4.31 Å². The summed E-state index contributed by atoms with van der Waals surface area (Å²) in [5.74, 6) is -0.464. The third-order valence-corrected chi connectivity index (χ3v) is 6.92. The monoisotopic (exact) mass is 451 g/mol. The number of sulfonamides is 1. The first-order chi connectivity index (χ1) is 15.4. The van der Waals surface area contributed by atoms with Crippen molar-refractivity contribution in [2.45, 2.75) is 11.3 Å². The fourth-order valence-corrected chi connectivity index (χ4v) is 5.01. The lowest BCUT2D eigenvalue weighted by molar-refractivity contribution is 0.0600. The van der Waals surface area contributed by atoms with E-state index in [1.165, 1.54) is 11.4 Å². The molecule has 32 heavy (non-hydrogen) atoms. The van der Waals surface area contributed by atoms with Gasteiger partial charge in [0, 0.05) is 17.9 Å². The molecule has 3 aromatic carbocycles. The Hall–Kier alpha value is -3.85. The second-order valence-corrected chi connectivity index (χ2v) is 8.99. The van der Waals surface area contributed by atoms with Crippen molar-refractivity contribution in [1.29, 1.82) is 0 Å². The molecule has 0 saturated carbocycles. The van der Waals surface area contributed by atoms with Crippen molar-refractivity contribution < 1.29 is 22.7 Å². The number of benzene rings is 3. The molecule has 0 unspecified atom stereocenters. The van der Waals surface area contributed by atoms with Crippen molar-refractivity contribution in [2.75, 3.05) is 28.6 Å². The Kier molecular flexibility index (Phi) is 5.83. The molecule has 1 aliphatic heterocycles. The molecule has 2 N–H and O–H groups in total. The Labute approximate surface area is 185 Å². The lowest BCUT2D eigenvalue weighted by Gasteiger charge is -2.20. The lowest BCUT2D eigenvalue weighted by Crippen LogP contribution is -2.29. The topological polar surface area (TPSA) is 105 Å². The van der Waals surface area contributed by atoms with Gasteiger partial charge >= 0.3 is 12.0 Å². The lowest BCUT2D eigenvalue weighted by atomic mass is 10.1. The van der Waals surface area contributed by atoms with Gasteiger partial charge in [-0.25, -0.2) is 18.0 Å². The smallest absolute Gasteiger partial charge is 0.337 e. The molecule has 0 aromatic heterocycles. The van der Waals surface area contributed by atoms with E-state index in [0.29, 0.717) is 35.6 Å². The van der Waals surface area contributed by atoms with Crippen LogP contribution in [0, 0.1) is 0 Å². The SMILES string of the molecule is COC(=O)c1ccc(NC(=O)Nc2ccc3c(c2)N(S(=O)(=O)c2ccccc2)CC3)cc1. The second kappa shape index (κ2) is 8.72. The molecule has 9 heteroatoms. The van der Waals surface area contributed by atoms with Gasteiger partial charge in [0.05, 0.1) is 23.3 Å². The zero-order valence-corrected chi connectivity index (χ0v) is 18.1. The quantitative estimate of drug-likeness (QED) is 0.573. The molecule has 0 spiro atoms. The Morgan fingerprint density at radius 1 is 0.906 bits per heavy atom. The van der Waals surface area contributed by atoms with E-state index >= 15 is 0 Å². The number of urea groups is 1. The summed E-state index contributed by atoms with van der Waals surface area (Å²) in [6.07, 6.45) is 0.598. The highest BCUT2D eigenvalue weighted by Crippen LogP contribution is 2.35. The molecule has 0 aliphatic carbocycles. The van der Waals surface area contributed by atoms with Gasteiger partial charge in [-0.05, 0) is 60.5 Å². The highest BCUT2D eigenvalue weighted by atomic mass is 32.2. The molecule has 4 rings (SSSR count). The van der Waals surface area contributed by atoms with Crippen LogP contribution < -0.4 is 14.9 Å². The largest absolute Gasteiger partial charge is 0.465 e. The number of esters is 1. The number of carbonyl (C=O) groups is 2. The van der Waals surface area contributed by atoms with Crippen molar-refractivity contribution in [3.05, 3.63) is 83.9 Å². The van der Waals surface area contributed by atoms with Crippen LogP contribution in [0.5, 0.6) is 0 Å². The summed E-state index contributed by atoms with van der Waals surface area (Å²) in [6.45, 7) is 0.342. The highest BCUT2D eigenvalue weighted by Gasteiger charge is 2.31. The van der Waals surface area contributed by atoms with E-state index in [0.717, 1.165) is 5.56 Å². The molecule has 0 fully saturated rings. The van der Waals surface area contributed by atoms with Crippen LogP contribution in [-0.4, -0.2) is 34.1 Å². The number of fused-ring (bicyclic) bond motifs is 1. The highest BCUT2D eigenvalue weighted by molar-refractivity contribution is 7.92. The summed E-state index contributed by atoms with van der Waals surface area (Å²) in [5.41, 5.74) is 2.77. The number of amides is 2. The fraction of sp³-hybridized carbons (Fsp3) is 0.130. The minimum Gasteiger partial charge on any atom is -0.465 e. The zero-order chi connectivity index (χ0) is 22.7. The van der Waals surface area contributed by atoms with E-state index in [1.54, 1.807) is 66.7 Å². The van der Waals surface area contributed by atoms with E-state index in [2.05, 4.69) is 15.4 Å². The molecular weight excluding hydrogens is 430 g/mol.